The molecule has 0 amide bonds. The lowest BCUT2D eigenvalue weighted by Gasteiger charge is -2.31. The van der Waals surface area contributed by atoms with Crippen LogP contribution in [0.4, 0.5) is 0 Å². The Morgan fingerprint density at radius 2 is 1.80 bits per heavy atom. The molecule has 0 bridgehead atoms. The van der Waals surface area contributed by atoms with Gasteiger partial charge in [-0.15, -0.1) is 0 Å². The Labute approximate surface area is 91.7 Å². The van der Waals surface area contributed by atoms with Gasteiger partial charge in [-0.2, -0.15) is 0 Å². The third kappa shape index (κ3) is 1.96. The van der Waals surface area contributed by atoms with E-state index in [1.54, 1.807) is 0 Å². The Morgan fingerprint density at radius 3 is 2.47 bits per heavy atom. The number of likely N-dealkylation sites (N-methyl/N-ethyl adjacent to an activating group) is 1. The molecule has 0 N–H and O–H groups in total. The summed E-state index contributed by atoms with van der Waals surface area (Å²) in [6, 6.07) is 11.0. The van der Waals surface area contributed by atoms with E-state index in [1.165, 1.54) is 16.8 Å². The second-order valence-corrected chi connectivity index (χ2v) is 4.16. The first-order valence-electron chi connectivity index (χ1n) is 5.37. The first-order chi connectivity index (χ1) is 7.18. The highest BCUT2D eigenvalue weighted by molar-refractivity contribution is 5.68. The van der Waals surface area contributed by atoms with Crippen molar-refractivity contribution < 1.29 is 0 Å². The van der Waals surface area contributed by atoms with Crippen LogP contribution >= 0.6 is 0 Å². The van der Waals surface area contributed by atoms with E-state index in [1.807, 2.05) is 0 Å². The fraction of sp³-hybridized carbons (Fsp3) is 0.286. The molecule has 0 spiro atoms. The van der Waals surface area contributed by atoms with Gasteiger partial charge in [-0.05, 0) is 25.5 Å². The van der Waals surface area contributed by atoms with Gasteiger partial charge >= 0.3 is 0 Å². The molecule has 1 heterocycles. The molecule has 1 unspecified atom stereocenters. The summed E-state index contributed by atoms with van der Waals surface area (Å²) in [7, 11) is 2.15. The molecule has 0 aromatic heterocycles. The second-order valence-electron chi connectivity index (χ2n) is 4.16. The number of allylic oxidation sites excluding steroid dienone is 2. The summed E-state index contributed by atoms with van der Waals surface area (Å²) in [5, 5.41) is 0. The van der Waals surface area contributed by atoms with Crippen molar-refractivity contribution in [1.82, 2.24) is 4.90 Å². The average Bonchev–Trinajstić information content (AvgIpc) is 2.24. The van der Waals surface area contributed by atoms with Crippen molar-refractivity contribution in [1.29, 1.82) is 0 Å². The Kier molecular flexibility index (Phi) is 2.63. The Bertz CT molecular complexity index is 401. The molecule has 1 aromatic carbocycles. The molecule has 15 heavy (non-hydrogen) atoms. The first-order valence-corrected chi connectivity index (χ1v) is 5.37. The van der Waals surface area contributed by atoms with E-state index in [0.717, 1.165) is 0 Å². The summed E-state index contributed by atoms with van der Waals surface area (Å²) < 4.78 is 0. The largest absolute Gasteiger partial charge is 0.368 e. The van der Waals surface area contributed by atoms with E-state index in [9.17, 15) is 0 Å². The van der Waals surface area contributed by atoms with Crippen LogP contribution in [-0.2, 0) is 0 Å². The third-order valence-electron chi connectivity index (χ3n) is 2.93. The molecule has 78 valence electrons. The SMILES string of the molecule is CC1=CC(C)N(C)C(c2ccccc2)=C1. The number of hydrogen-bond acceptors (Lipinski definition) is 1. The lowest BCUT2D eigenvalue weighted by molar-refractivity contribution is 0.423. The topological polar surface area (TPSA) is 3.24 Å². The summed E-state index contributed by atoms with van der Waals surface area (Å²) >= 11 is 0. The third-order valence-corrected chi connectivity index (χ3v) is 2.93. The highest BCUT2D eigenvalue weighted by Gasteiger charge is 2.15. The Balaban J connectivity index is 2.41. The van der Waals surface area contributed by atoms with Crippen LogP contribution in [0.15, 0.2) is 48.1 Å². The van der Waals surface area contributed by atoms with Crippen molar-refractivity contribution >= 4 is 5.70 Å². The molecule has 1 atom stereocenters. The summed E-state index contributed by atoms with van der Waals surface area (Å²) in [6.07, 6.45) is 4.53. The minimum absolute atomic E-state index is 0.477. The molecule has 0 aliphatic carbocycles. The highest BCUT2D eigenvalue weighted by Crippen LogP contribution is 2.26. The molecular weight excluding hydrogens is 182 g/mol. The summed E-state index contributed by atoms with van der Waals surface area (Å²) in [4.78, 5) is 2.31. The van der Waals surface area contributed by atoms with Gasteiger partial charge in [0.05, 0.1) is 0 Å². The quantitative estimate of drug-likeness (QED) is 0.670. The van der Waals surface area contributed by atoms with Crippen molar-refractivity contribution in [3.63, 3.8) is 0 Å². The van der Waals surface area contributed by atoms with E-state index in [0.29, 0.717) is 6.04 Å². The number of benzene rings is 1. The zero-order valence-corrected chi connectivity index (χ0v) is 9.57. The van der Waals surface area contributed by atoms with E-state index in [2.05, 4.69) is 68.3 Å². The highest BCUT2D eigenvalue weighted by atomic mass is 15.1. The maximum Gasteiger partial charge on any atom is 0.0447 e. The zero-order chi connectivity index (χ0) is 10.8. The van der Waals surface area contributed by atoms with Crippen molar-refractivity contribution in [3.8, 4) is 0 Å². The van der Waals surface area contributed by atoms with Gasteiger partial charge in [-0.25, -0.2) is 0 Å². The van der Waals surface area contributed by atoms with Gasteiger partial charge in [-0.3, -0.25) is 0 Å². The van der Waals surface area contributed by atoms with Crippen molar-refractivity contribution in [2.24, 2.45) is 0 Å². The maximum absolute atomic E-state index is 2.31. The van der Waals surface area contributed by atoms with Crippen LogP contribution in [0.1, 0.15) is 19.4 Å². The van der Waals surface area contributed by atoms with Gasteiger partial charge in [-0.1, -0.05) is 42.0 Å². The lowest BCUT2D eigenvalue weighted by Crippen LogP contribution is -2.28. The van der Waals surface area contributed by atoms with Crippen LogP contribution in [0.5, 0.6) is 0 Å². The number of hydrogen-bond donors (Lipinski definition) is 0. The molecule has 1 nitrogen and oxygen atoms in total. The van der Waals surface area contributed by atoms with Crippen molar-refractivity contribution in [3.05, 3.63) is 53.6 Å². The van der Waals surface area contributed by atoms with Crippen LogP contribution in [0.25, 0.3) is 5.70 Å². The Hall–Kier alpha value is -1.50. The number of rotatable bonds is 1. The van der Waals surface area contributed by atoms with E-state index >= 15 is 0 Å². The minimum Gasteiger partial charge on any atom is -0.368 e. The van der Waals surface area contributed by atoms with Crippen LogP contribution < -0.4 is 0 Å². The summed E-state index contributed by atoms with van der Waals surface area (Å²) in [6.45, 7) is 4.38. The molecule has 2 rings (SSSR count). The maximum atomic E-state index is 2.31. The smallest absolute Gasteiger partial charge is 0.0447 e. The lowest BCUT2D eigenvalue weighted by atomic mass is 10.0. The van der Waals surface area contributed by atoms with Gasteiger partial charge in [0.2, 0.25) is 0 Å². The van der Waals surface area contributed by atoms with Crippen LogP contribution in [0.2, 0.25) is 0 Å². The van der Waals surface area contributed by atoms with E-state index < -0.39 is 0 Å². The minimum atomic E-state index is 0.477. The predicted molar refractivity (Wildman–Crippen MR) is 65.4 cm³/mol. The standard InChI is InChI=1S/C14H17N/c1-11-9-12(2)15(3)14(10-11)13-7-5-4-6-8-13/h4-10,12H,1-3H3. The molecule has 1 heteroatoms. The molecule has 0 saturated carbocycles. The van der Waals surface area contributed by atoms with Gasteiger partial charge in [0.15, 0.2) is 0 Å². The average molecular weight is 199 g/mol. The molecule has 0 radical (unpaired) electrons. The van der Waals surface area contributed by atoms with Gasteiger partial charge in [0.1, 0.15) is 0 Å². The van der Waals surface area contributed by atoms with Crippen molar-refractivity contribution in [2.75, 3.05) is 7.05 Å². The van der Waals surface area contributed by atoms with Gasteiger partial charge in [0.25, 0.3) is 0 Å². The van der Waals surface area contributed by atoms with Crippen molar-refractivity contribution in [2.45, 2.75) is 19.9 Å². The summed E-state index contributed by atoms with van der Waals surface area (Å²) in [5.41, 5.74) is 3.95. The molecule has 0 saturated heterocycles. The van der Waals surface area contributed by atoms with Gasteiger partial charge < -0.3 is 4.90 Å². The van der Waals surface area contributed by atoms with E-state index in [4.69, 9.17) is 0 Å². The van der Waals surface area contributed by atoms with Crippen LogP contribution in [0.3, 0.4) is 0 Å². The normalized spacial score (nSPS) is 21.0. The van der Waals surface area contributed by atoms with Gasteiger partial charge in [0, 0.05) is 18.8 Å². The number of nitrogens with zero attached hydrogens (tertiary/aromatic N) is 1. The van der Waals surface area contributed by atoms with Crippen LogP contribution in [-0.4, -0.2) is 18.0 Å². The predicted octanol–water partition coefficient (Wildman–Crippen LogP) is 3.31. The molecule has 0 fully saturated rings. The summed E-state index contributed by atoms with van der Waals surface area (Å²) in [5.74, 6) is 0. The zero-order valence-electron chi connectivity index (χ0n) is 9.57. The first kappa shape index (κ1) is 10.0. The molecule has 1 aliphatic heterocycles. The molecule has 1 aliphatic rings. The molecular formula is C14H17N. The Morgan fingerprint density at radius 1 is 1.13 bits per heavy atom. The second kappa shape index (κ2) is 3.93. The fourth-order valence-corrected chi connectivity index (χ4v) is 1.97. The fourth-order valence-electron chi connectivity index (χ4n) is 1.97. The monoisotopic (exact) mass is 199 g/mol. The molecule has 1 aromatic rings. The van der Waals surface area contributed by atoms with E-state index in [-0.39, 0.29) is 0 Å². The van der Waals surface area contributed by atoms with Crippen LogP contribution in [0, 0.1) is 0 Å².